The van der Waals surface area contributed by atoms with E-state index >= 15 is 0 Å². The van der Waals surface area contributed by atoms with Gasteiger partial charge in [0, 0.05) is 13.1 Å². The Hall–Kier alpha value is -0.610. The molecule has 0 saturated heterocycles. The zero-order valence-electron chi connectivity index (χ0n) is 16.6. The highest BCUT2D eigenvalue weighted by Gasteiger charge is 2.36. The molecule has 0 aromatic rings. The molecule has 0 aliphatic rings. The van der Waals surface area contributed by atoms with Crippen LogP contribution in [0.4, 0.5) is 0 Å². The number of ether oxygens (including phenoxy) is 2. The summed E-state index contributed by atoms with van der Waals surface area (Å²) < 4.78 is 11.4. The highest BCUT2D eigenvalue weighted by Crippen LogP contribution is 2.32. The van der Waals surface area contributed by atoms with Gasteiger partial charge in [-0.3, -0.25) is 4.79 Å². The Morgan fingerprint density at radius 1 is 0.957 bits per heavy atom. The lowest BCUT2D eigenvalue weighted by atomic mass is 9.77. The van der Waals surface area contributed by atoms with Crippen LogP contribution in [0.1, 0.15) is 68.2 Å². The summed E-state index contributed by atoms with van der Waals surface area (Å²) in [7, 11) is 0. The van der Waals surface area contributed by atoms with E-state index in [0.29, 0.717) is 25.7 Å². The molecule has 4 nitrogen and oxygen atoms in total. The van der Waals surface area contributed by atoms with Gasteiger partial charge in [0.05, 0.1) is 17.6 Å². The third kappa shape index (κ3) is 6.80. The van der Waals surface area contributed by atoms with Crippen LogP contribution in [0.25, 0.3) is 0 Å². The van der Waals surface area contributed by atoms with Crippen molar-refractivity contribution in [3.63, 3.8) is 0 Å². The molecule has 0 heterocycles. The van der Waals surface area contributed by atoms with Crippen molar-refractivity contribution in [2.24, 2.45) is 17.3 Å². The lowest BCUT2D eigenvalue weighted by molar-refractivity contribution is -0.157. The SMILES string of the molecule is CCC(C)(OCCNCCOC(=O)C(C)(CC)C(C)C)C(C)C. The first kappa shape index (κ1) is 22.4. The van der Waals surface area contributed by atoms with E-state index in [9.17, 15) is 4.79 Å². The molecule has 0 bridgehead atoms. The summed E-state index contributed by atoms with van der Waals surface area (Å²) in [5.74, 6) is 0.687. The summed E-state index contributed by atoms with van der Waals surface area (Å²) in [5, 5.41) is 3.27. The lowest BCUT2D eigenvalue weighted by Gasteiger charge is -2.33. The number of esters is 1. The van der Waals surface area contributed by atoms with Gasteiger partial charge in [0.1, 0.15) is 6.61 Å². The lowest BCUT2D eigenvalue weighted by Crippen LogP contribution is -2.38. The van der Waals surface area contributed by atoms with Gasteiger partial charge >= 0.3 is 5.97 Å². The van der Waals surface area contributed by atoms with Crippen LogP contribution >= 0.6 is 0 Å². The Morgan fingerprint density at radius 2 is 1.52 bits per heavy atom. The summed E-state index contributed by atoms with van der Waals surface area (Å²) in [6.45, 7) is 19.4. The summed E-state index contributed by atoms with van der Waals surface area (Å²) >= 11 is 0. The topological polar surface area (TPSA) is 47.6 Å². The molecular weight excluding hydrogens is 290 g/mol. The third-order valence-electron chi connectivity index (χ3n) is 5.62. The van der Waals surface area contributed by atoms with E-state index in [-0.39, 0.29) is 22.9 Å². The van der Waals surface area contributed by atoms with Crippen molar-refractivity contribution in [2.75, 3.05) is 26.3 Å². The second kappa shape index (κ2) is 10.3. The average molecular weight is 330 g/mol. The molecule has 0 aromatic heterocycles. The largest absolute Gasteiger partial charge is 0.464 e. The van der Waals surface area contributed by atoms with Gasteiger partial charge in [0.15, 0.2) is 0 Å². The first-order chi connectivity index (χ1) is 10.6. The molecular formula is C19H39NO3. The summed E-state index contributed by atoms with van der Waals surface area (Å²) in [6, 6.07) is 0. The van der Waals surface area contributed by atoms with E-state index in [2.05, 4.69) is 46.9 Å². The number of rotatable bonds is 12. The van der Waals surface area contributed by atoms with Crippen LogP contribution in [-0.4, -0.2) is 37.9 Å². The third-order valence-corrected chi connectivity index (χ3v) is 5.62. The molecule has 0 radical (unpaired) electrons. The smallest absolute Gasteiger partial charge is 0.312 e. The number of hydrogen-bond acceptors (Lipinski definition) is 4. The van der Waals surface area contributed by atoms with Gasteiger partial charge < -0.3 is 14.8 Å². The molecule has 0 spiro atoms. The first-order valence-electron chi connectivity index (χ1n) is 9.15. The minimum atomic E-state index is -0.386. The molecule has 0 amide bonds. The van der Waals surface area contributed by atoms with Crippen molar-refractivity contribution in [1.29, 1.82) is 0 Å². The van der Waals surface area contributed by atoms with Crippen LogP contribution in [-0.2, 0) is 14.3 Å². The van der Waals surface area contributed by atoms with Crippen molar-refractivity contribution in [3.8, 4) is 0 Å². The number of carbonyl (C=O) groups is 1. The maximum Gasteiger partial charge on any atom is 0.312 e. The van der Waals surface area contributed by atoms with Crippen LogP contribution < -0.4 is 5.32 Å². The van der Waals surface area contributed by atoms with Crippen molar-refractivity contribution >= 4 is 5.97 Å². The second-order valence-corrected chi connectivity index (χ2v) is 7.48. The predicted molar refractivity (Wildman–Crippen MR) is 96.6 cm³/mol. The average Bonchev–Trinajstić information content (AvgIpc) is 2.51. The maximum atomic E-state index is 12.2. The van der Waals surface area contributed by atoms with Gasteiger partial charge in [0.2, 0.25) is 0 Å². The van der Waals surface area contributed by atoms with Crippen LogP contribution in [0.15, 0.2) is 0 Å². The molecule has 1 N–H and O–H groups in total. The monoisotopic (exact) mass is 329 g/mol. The van der Waals surface area contributed by atoms with E-state index in [1.165, 1.54) is 0 Å². The zero-order chi connectivity index (χ0) is 18.1. The number of hydrogen-bond donors (Lipinski definition) is 1. The predicted octanol–water partition coefficient (Wildman–Crippen LogP) is 4.03. The standard InChI is InChI=1S/C19H39NO3/c1-9-18(7,15(3)4)17(21)22-13-11-20-12-14-23-19(8,10-2)16(5)6/h15-16,20H,9-14H2,1-8H3. The van der Waals surface area contributed by atoms with E-state index in [0.717, 1.165) is 19.4 Å². The number of nitrogens with one attached hydrogen (secondary N) is 1. The molecule has 0 rings (SSSR count). The summed E-state index contributed by atoms with van der Waals surface area (Å²) in [4.78, 5) is 12.2. The minimum Gasteiger partial charge on any atom is -0.464 e. The van der Waals surface area contributed by atoms with Crippen molar-refractivity contribution in [2.45, 2.75) is 73.8 Å². The molecule has 0 saturated carbocycles. The molecule has 2 atom stereocenters. The minimum absolute atomic E-state index is 0.0612. The zero-order valence-corrected chi connectivity index (χ0v) is 16.6. The van der Waals surface area contributed by atoms with Gasteiger partial charge in [-0.05, 0) is 38.5 Å². The first-order valence-corrected chi connectivity index (χ1v) is 9.15. The fraction of sp³-hybridized carbons (Fsp3) is 0.947. The maximum absolute atomic E-state index is 12.2. The fourth-order valence-corrected chi connectivity index (χ4v) is 2.33. The van der Waals surface area contributed by atoms with Crippen LogP contribution in [0.5, 0.6) is 0 Å². The van der Waals surface area contributed by atoms with Gasteiger partial charge in [-0.15, -0.1) is 0 Å². The van der Waals surface area contributed by atoms with Crippen LogP contribution in [0.2, 0.25) is 0 Å². The molecule has 4 heteroatoms. The van der Waals surface area contributed by atoms with Crippen LogP contribution in [0, 0.1) is 17.3 Å². The fourth-order valence-electron chi connectivity index (χ4n) is 2.33. The molecule has 0 aliphatic heterocycles. The van der Waals surface area contributed by atoms with E-state index < -0.39 is 0 Å². The van der Waals surface area contributed by atoms with Gasteiger partial charge in [-0.1, -0.05) is 41.5 Å². The quantitative estimate of drug-likeness (QED) is 0.434. The Morgan fingerprint density at radius 3 is 1.96 bits per heavy atom. The molecule has 2 unspecified atom stereocenters. The van der Waals surface area contributed by atoms with Crippen molar-refractivity contribution in [3.05, 3.63) is 0 Å². The van der Waals surface area contributed by atoms with Crippen molar-refractivity contribution < 1.29 is 14.3 Å². The molecule has 0 aliphatic carbocycles. The van der Waals surface area contributed by atoms with Gasteiger partial charge in [0.25, 0.3) is 0 Å². The Balaban J connectivity index is 3.92. The van der Waals surface area contributed by atoms with Gasteiger partial charge in [-0.2, -0.15) is 0 Å². The Kier molecular flexibility index (Phi) is 10.0. The molecule has 138 valence electrons. The highest BCUT2D eigenvalue weighted by molar-refractivity contribution is 5.76. The summed E-state index contributed by atoms with van der Waals surface area (Å²) in [6.07, 6.45) is 1.81. The molecule has 0 aromatic carbocycles. The van der Waals surface area contributed by atoms with E-state index in [4.69, 9.17) is 9.47 Å². The molecule has 0 fully saturated rings. The van der Waals surface area contributed by atoms with Crippen LogP contribution in [0.3, 0.4) is 0 Å². The Bertz CT molecular complexity index is 344. The highest BCUT2D eigenvalue weighted by atomic mass is 16.5. The summed E-state index contributed by atoms with van der Waals surface area (Å²) in [5.41, 5.74) is -0.447. The van der Waals surface area contributed by atoms with Gasteiger partial charge in [-0.25, -0.2) is 0 Å². The normalized spacial score (nSPS) is 17.1. The van der Waals surface area contributed by atoms with Crippen molar-refractivity contribution in [1.82, 2.24) is 5.32 Å². The van der Waals surface area contributed by atoms with E-state index in [1.54, 1.807) is 0 Å². The number of carbonyl (C=O) groups excluding carboxylic acids is 1. The Labute approximate surface area is 143 Å². The molecule has 23 heavy (non-hydrogen) atoms. The second-order valence-electron chi connectivity index (χ2n) is 7.48. The van der Waals surface area contributed by atoms with E-state index in [1.807, 2.05) is 13.8 Å².